The molecule has 0 aromatic heterocycles. The van der Waals surface area contributed by atoms with E-state index in [0.717, 1.165) is 5.70 Å². The molecule has 128 valence electrons. The summed E-state index contributed by atoms with van der Waals surface area (Å²) in [6, 6.07) is 8.49. The van der Waals surface area contributed by atoms with E-state index in [1.54, 1.807) is 25.1 Å². The number of ketones is 1. The summed E-state index contributed by atoms with van der Waals surface area (Å²) in [4.78, 5) is 23.9. The lowest BCUT2D eigenvalue weighted by Crippen LogP contribution is -2.37. The molecule has 0 radical (unpaired) electrons. The van der Waals surface area contributed by atoms with Crippen LogP contribution in [-0.2, 0) is 4.79 Å². The van der Waals surface area contributed by atoms with Gasteiger partial charge in [0.05, 0.1) is 22.5 Å². The maximum atomic E-state index is 12.9. The minimum atomic E-state index is -0.688. The van der Waals surface area contributed by atoms with Gasteiger partial charge in [0, 0.05) is 35.0 Å². The summed E-state index contributed by atoms with van der Waals surface area (Å²) in [5, 5.41) is 24.3. The molecule has 1 aliphatic carbocycles. The number of carbonyl (C=O) groups is 1. The van der Waals surface area contributed by atoms with E-state index in [1.807, 2.05) is 13.8 Å². The normalized spacial score (nSPS) is 22.2. The third-order valence-electron chi connectivity index (χ3n) is 4.80. The van der Waals surface area contributed by atoms with Crippen molar-refractivity contribution in [2.24, 2.45) is 5.41 Å². The number of para-hydroxylation sites is 1. The largest absolute Gasteiger partial charge is 0.361 e. The molecule has 0 amide bonds. The highest BCUT2D eigenvalue weighted by Crippen LogP contribution is 2.47. The Labute approximate surface area is 146 Å². The highest BCUT2D eigenvalue weighted by Gasteiger charge is 2.42. The second-order valence-corrected chi connectivity index (χ2v) is 7.36. The van der Waals surface area contributed by atoms with Crippen molar-refractivity contribution < 1.29 is 9.72 Å². The maximum absolute atomic E-state index is 12.9. The molecule has 0 saturated carbocycles. The van der Waals surface area contributed by atoms with Crippen LogP contribution in [0, 0.1) is 26.9 Å². The van der Waals surface area contributed by atoms with Gasteiger partial charge in [-0.1, -0.05) is 32.0 Å². The van der Waals surface area contributed by atoms with Crippen LogP contribution in [0.2, 0.25) is 0 Å². The van der Waals surface area contributed by atoms with Gasteiger partial charge in [0.25, 0.3) is 5.69 Å². The van der Waals surface area contributed by atoms with Gasteiger partial charge in [-0.3, -0.25) is 14.9 Å². The highest BCUT2D eigenvalue weighted by molar-refractivity contribution is 6.00. The van der Waals surface area contributed by atoms with E-state index in [0.29, 0.717) is 35.2 Å². The second kappa shape index (κ2) is 5.85. The van der Waals surface area contributed by atoms with Crippen LogP contribution >= 0.6 is 0 Å². The molecule has 0 spiro atoms. The number of Topliss-reactive ketones (excluding diaryl/α,β-unsaturated/α-hetero) is 1. The van der Waals surface area contributed by atoms with E-state index in [4.69, 9.17) is 0 Å². The topological polar surface area (TPSA) is 96.0 Å². The molecule has 1 N–H and O–H groups in total. The molecule has 25 heavy (non-hydrogen) atoms. The first-order valence-corrected chi connectivity index (χ1v) is 8.12. The average molecular weight is 337 g/mol. The van der Waals surface area contributed by atoms with Crippen LogP contribution in [0.4, 0.5) is 5.69 Å². The van der Waals surface area contributed by atoms with Crippen molar-refractivity contribution >= 4 is 11.5 Å². The molecule has 1 heterocycles. The number of benzene rings is 1. The van der Waals surface area contributed by atoms with Crippen molar-refractivity contribution in [3.8, 4) is 6.07 Å². The Morgan fingerprint density at radius 1 is 1.32 bits per heavy atom. The van der Waals surface area contributed by atoms with Crippen molar-refractivity contribution in [2.75, 3.05) is 0 Å². The fourth-order valence-corrected chi connectivity index (χ4v) is 3.79. The quantitative estimate of drug-likeness (QED) is 0.655. The fourth-order valence-electron chi connectivity index (χ4n) is 3.79. The molecule has 1 atom stereocenters. The molecular weight excluding hydrogens is 318 g/mol. The zero-order valence-corrected chi connectivity index (χ0v) is 14.4. The number of hydrogen-bond acceptors (Lipinski definition) is 5. The summed E-state index contributed by atoms with van der Waals surface area (Å²) in [5.74, 6) is -0.742. The van der Waals surface area contributed by atoms with Gasteiger partial charge in [-0.25, -0.2) is 0 Å². The zero-order valence-electron chi connectivity index (χ0n) is 14.4. The standard InChI is InChI=1S/C19H19N3O3/c1-11-13(10-20)17(12-6-4-5-7-15(12)22(24)25)18-14(21-11)8-19(2,3)9-16(18)23/h4-7,17,21H,8-9H2,1-3H3. The molecule has 2 aliphatic rings. The van der Waals surface area contributed by atoms with Crippen molar-refractivity contribution in [3.63, 3.8) is 0 Å². The van der Waals surface area contributed by atoms with Crippen LogP contribution < -0.4 is 5.32 Å². The van der Waals surface area contributed by atoms with E-state index in [9.17, 15) is 20.2 Å². The fraction of sp³-hybridized carbons (Fsp3) is 0.368. The van der Waals surface area contributed by atoms with E-state index in [-0.39, 0.29) is 16.9 Å². The molecule has 3 rings (SSSR count). The van der Waals surface area contributed by atoms with Crippen molar-refractivity contribution in [3.05, 3.63) is 62.5 Å². The van der Waals surface area contributed by atoms with Crippen LogP contribution in [0.3, 0.4) is 0 Å². The summed E-state index contributed by atoms with van der Waals surface area (Å²) in [7, 11) is 0. The predicted molar refractivity (Wildman–Crippen MR) is 92.3 cm³/mol. The number of carbonyl (C=O) groups excluding carboxylic acids is 1. The summed E-state index contributed by atoms with van der Waals surface area (Å²) in [6.45, 7) is 5.82. The Kier molecular flexibility index (Phi) is 3.96. The third-order valence-corrected chi connectivity index (χ3v) is 4.80. The van der Waals surface area contributed by atoms with Crippen molar-refractivity contribution in [1.29, 1.82) is 5.26 Å². The molecule has 1 aromatic carbocycles. The Balaban J connectivity index is 2.26. The minimum Gasteiger partial charge on any atom is -0.361 e. The number of dihydropyridines is 1. The van der Waals surface area contributed by atoms with Gasteiger partial charge in [-0.2, -0.15) is 5.26 Å². The maximum Gasteiger partial charge on any atom is 0.273 e. The van der Waals surface area contributed by atoms with E-state index >= 15 is 0 Å². The molecule has 0 bridgehead atoms. The third kappa shape index (κ3) is 2.82. The summed E-state index contributed by atoms with van der Waals surface area (Å²) in [6.07, 6.45) is 1.03. The molecule has 1 unspecified atom stereocenters. The first-order chi connectivity index (χ1) is 11.7. The first kappa shape index (κ1) is 16.9. The van der Waals surface area contributed by atoms with Crippen LogP contribution in [0.1, 0.15) is 45.1 Å². The molecule has 6 nitrogen and oxygen atoms in total. The number of rotatable bonds is 2. The summed E-state index contributed by atoms with van der Waals surface area (Å²) in [5.41, 5.74) is 2.43. The van der Waals surface area contributed by atoms with Gasteiger partial charge in [-0.15, -0.1) is 0 Å². The molecular formula is C19H19N3O3. The van der Waals surface area contributed by atoms with Crippen LogP contribution in [0.15, 0.2) is 46.8 Å². The van der Waals surface area contributed by atoms with E-state index in [2.05, 4.69) is 11.4 Å². The Morgan fingerprint density at radius 2 is 2.00 bits per heavy atom. The van der Waals surface area contributed by atoms with Crippen molar-refractivity contribution in [2.45, 2.75) is 39.5 Å². The summed E-state index contributed by atoms with van der Waals surface area (Å²) < 4.78 is 0. The lowest BCUT2D eigenvalue weighted by Gasteiger charge is -2.38. The van der Waals surface area contributed by atoms with E-state index in [1.165, 1.54) is 6.07 Å². The molecule has 0 saturated heterocycles. The van der Waals surface area contributed by atoms with Crippen LogP contribution in [-0.4, -0.2) is 10.7 Å². The number of nitrogens with zero attached hydrogens (tertiary/aromatic N) is 2. The molecule has 1 aliphatic heterocycles. The lowest BCUT2D eigenvalue weighted by molar-refractivity contribution is -0.385. The molecule has 0 fully saturated rings. The number of nitro groups is 1. The Morgan fingerprint density at radius 3 is 2.64 bits per heavy atom. The SMILES string of the molecule is CC1=C(C#N)C(c2ccccc2[N+](=O)[O-])C2=C(CC(C)(C)CC2=O)N1. The van der Waals surface area contributed by atoms with E-state index < -0.39 is 10.8 Å². The Bertz CT molecular complexity index is 887. The number of nitro benzene ring substituents is 1. The monoisotopic (exact) mass is 337 g/mol. The van der Waals surface area contributed by atoms with Gasteiger partial charge in [-0.05, 0) is 18.8 Å². The lowest BCUT2D eigenvalue weighted by atomic mass is 9.68. The number of nitrogens with one attached hydrogen (secondary N) is 1. The van der Waals surface area contributed by atoms with Gasteiger partial charge in [0.1, 0.15) is 0 Å². The van der Waals surface area contributed by atoms with Gasteiger partial charge in [0.15, 0.2) is 5.78 Å². The summed E-state index contributed by atoms with van der Waals surface area (Å²) >= 11 is 0. The molecule has 1 aromatic rings. The van der Waals surface area contributed by atoms with Crippen LogP contribution in [0.25, 0.3) is 0 Å². The Hall–Kier alpha value is -2.94. The van der Waals surface area contributed by atoms with Gasteiger partial charge >= 0.3 is 0 Å². The second-order valence-electron chi connectivity index (χ2n) is 7.36. The zero-order chi connectivity index (χ0) is 18.4. The average Bonchev–Trinajstić information content (AvgIpc) is 2.52. The van der Waals surface area contributed by atoms with Crippen LogP contribution in [0.5, 0.6) is 0 Å². The number of nitriles is 1. The minimum absolute atomic E-state index is 0.0536. The van der Waals surface area contributed by atoms with Gasteiger partial charge in [0.2, 0.25) is 0 Å². The number of hydrogen-bond donors (Lipinski definition) is 1. The van der Waals surface area contributed by atoms with Gasteiger partial charge < -0.3 is 5.32 Å². The number of allylic oxidation sites excluding steroid dienone is 4. The predicted octanol–water partition coefficient (Wildman–Crippen LogP) is 3.72. The first-order valence-electron chi connectivity index (χ1n) is 8.12. The van der Waals surface area contributed by atoms with Crippen molar-refractivity contribution in [1.82, 2.24) is 5.32 Å². The smallest absolute Gasteiger partial charge is 0.273 e. The highest BCUT2D eigenvalue weighted by atomic mass is 16.6. The molecule has 6 heteroatoms.